The van der Waals surface area contributed by atoms with E-state index in [0.717, 1.165) is 32.1 Å². The minimum absolute atomic E-state index is 0.0210. The van der Waals surface area contributed by atoms with Crippen molar-refractivity contribution in [2.75, 3.05) is 6.61 Å². The van der Waals surface area contributed by atoms with E-state index in [1.807, 2.05) is 0 Å². The molecule has 5 aliphatic rings. The van der Waals surface area contributed by atoms with Gasteiger partial charge in [-0.25, -0.2) is 0 Å². The molecule has 0 N–H and O–H groups in total. The highest BCUT2D eigenvalue weighted by Crippen LogP contribution is 2.77. The fourth-order valence-electron chi connectivity index (χ4n) is 16.8. The Bertz CT molecular complexity index is 1450. The predicted molar refractivity (Wildman–Crippen MR) is 280 cm³/mol. The molecule has 4 unspecified atom stereocenters. The predicted octanol–water partition coefficient (Wildman–Crippen LogP) is 19.1. The molecule has 0 amide bonds. The monoisotopic (exact) mass is 919 g/mol. The van der Waals surface area contributed by atoms with Crippen molar-refractivity contribution in [3.8, 4) is 0 Å². The second kappa shape index (κ2) is 26.8. The lowest BCUT2D eigenvalue weighted by molar-refractivity contribution is -0.252. The summed E-state index contributed by atoms with van der Waals surface area (Å²) in [4.78, 5) is 26.7. The van der Waals surface area contributed by atoms with Crippen LogP contribution >= 0.6 is 0 Å². The van der Waals surface area contributed by atoms with Gasteiger partial charge in [0.25, 0.3) is 0 Å². The summed E-state index contributed by atoms with van der Waals surface area (Å²) in [5.41, 5.74) is 2.22. The maximum Gasteiger partial charge on any atom is 0.306 e. The Labute approximate surface area is 410 Å². The van der Waals surface area contributed by atoms with Crippen molar-refractivity contribution >= 4 is 11.9 Å². The van der Waals surface area contributed by atoms with E-state index in [1.54, 1.807) is 0 Å². The van der Waals surface area contributed by atoms with Gasteiger partial charge in [0.1, 0.15) is 6.10 Å². The van der Waals surface area contributed by atoms with Crippen molar-refractivity contribution in [2.45, 2.75) is 305 Å². The van der Waals surface area contributed by atoms with Crippen LogP contribution in [0.25, 0.3) is 0 Å². The van der Waals surface area contributed by atoms with Crippen LogP contribution in [0.3, 0.4) is 0 Å². The zero-order valence-electron chi connectivity index (χ0n) is 45.4. The van der Waals surface area contributed by atoms with Crippen LogP contribution in [0.15, 0.2) is 12.2 Å². The highest BCUT2D eigenvalue weighted by molar-refractivity contribution is 5.69. The first kappa shape index (κ1) is 55.6. The van der Waals surface area contributed by atoms with Gasteiger partial charge in [-0.3, -0.25) is 9.59 Å². The zero-order chi connectivity index (χ0) is 47.7. The first-order chi connectivity index (χ1) is 31.7. The van der Waals surface area contributed by atoms with E-state index in [-0.39, 0.29) is 45.1 Å². The maximum atomic E-state index is 13.4. The normalized spacial score (nSPS) is 33.3. The molecule has 0 radical (unpaired) electrons. The lowest BCUT2D eigenvalue weighted by Gasteiger charge is -2.73. The number of allylic oxidation sites excluding steroid dienone is 1. The molecule has 0 aromatic rings. The number of unbranched alkanes of at least 4 members (excludes halogenated alkanes) is 24. The lowest BCUT2D eigenvalue weighted by atomic mass is 9.32. The molecule has 66 heavy (non-hydrogen) atoms. The fraction of sp³-hybridized carbons (Fsp3) is 0.935. The molecular weight excluding hydrogens is 809 g/mol. The minimum atomic E-state index is -0.0210. The Morgan fingerprint density at radius 3 is 1.48 bits per heavy atom. The van der Waals surface area contributed by atoms with Gasteiger partial charge in [-0.15, -0.1) is 0 Å². The molecule has 0 aliphatic heterocycles. The Balaban J connectivity index is 1.08. The van der Waals surface area contributed by atoms with E-state index < -0.39 is 0 Å². The van der Waals surface area contributed by atoms with E-state index in [1.165, 1.54) is 205 Å². The van der Waals surface area contributed by atoms with Gasteiger partial charge >= 0.3 is 11.9 Å². The van der Waals surface area contributed by atoms with Gasteiger partial charge in [0.2, 0.25) is 0 Å². The number of esters is 2. The number of hydrogen-bond acceptors (Lipinski definition) is 4. The van der Waals surface area contributed by atoms with Crippen molar-refractivity contribution in [1.29, 1.82) is 0 Å². The Hall–Kier alpha value is -1.32. The van der Waals surface area contributed by atoms with E-state index in [0.29, 0.717) is 49.0 Å². The number of rotatable bonds is 32. The third kappa shape index (κ3) is 13.8. The van der Waals surface area contributed by atoms with Gasteiger partial charge in [-0.1, -0.05) is 215 Å². The van der Waals surface area contributed by atoms with Crippen LogP contribution in [-0.2, 0) is 19.1 Å². The number of carbonyl (C=O) groups is 2. The molecule has 0 saturated heterocycles. The topological polar surface area (TPSA) is 52.6 Å². The minimum Gasteiger partial charge on any atom is -0.465 e. The molecule has 382 valence electrons. The molecule has 4 heteroatoms. The molecule has 0 aromatic carbocycles. The largest absolute Gasteiger partial charge is 0.465 e. The third-order valence-electron chi connectivity index (χ3n) is 20.9. The van der Waals surface area contributed by atoms with Gasteiger partial charge in [-0.05, 0) is 130 Å². The van der Waals surface area contributed by atoms with Crippen LogP contribution in [-0.4, -0.2) is 24.6 Å². The summed E-state index contributed by atoms with van der Waals surface area (Å²) in [6.45, 7) is 25.2. The van der Waals surface area contributed by atoms with Crippen molar-refractivity contribution in [1.82, 2.24) is 0 Å². The second-order valence-electron chi connectivity index (χ2n) is 25.5. The van der Waals surface area contributed by atoms with Crippen LogP contribution in [0.5, 0.6) is 0 Å². The molecule has 5 fully saturated rings. The third-order valence-corrected chi connectivity index (χ3v) is 20.9. The highest BCUT2D eigenvalue weighted by Gasteiger charge is 2.71. The SMILES string of the molecule is C=C(C)[C@@H]1CC[C@]2(COC(=O)CCCCCCCCCCCCCCC)CC[C@]3(C)C(CCC4[C@@]5(C)CC[C@H](OC(=O)CCCCCCCCCCCCCCC)C(C)(C)C5CC[C@]43C)C12. The van der Waals surface area contributed by atoms with Crippen molar-refractivity contribution in [3.63, 3.8) is 0 Å². The summed E-state index contributed by atoms with van der Waals surface area (Å²) in [6.07, 6.45) is 47.7. The maximum absolute atomic E-state index is 13.4. The Morgan fingerprint density at radius 2 is 0.985 bits per heavy atom. The van der Waals surface area contributed by atoms with Gasteiger partial charge in [-0.2, -0.15) is 0 Å². The molecule has 5 rings (SSSR count). The molecule has 0 spiro atoms. The molecule has 5 saturated carbocycles. The van der Waals surface area contributed by atoms with Gasteiger partial charge < -0.3 is 9.47 Å². The van der Waals surface area contributed by atoms with Crippen LogP contribution in [0.2, 0.25) is 0 Å². The Kier molecular flexibility index (Phi) is 22.6. The zero-order valence-corrected chi connectivity index (χ0v) is 45.4. The number of hydrogen-bond donors (Lipinski definition) is 0. The van der Waals surface area contributed by atoms with Gasteiger partial charge in [0.05, 0.1) is 6.61 Å². The fourth-order valence-corrected chi connectivity index (χ4v) is 16.8. The molecule has 0 aromatic heterocycles. The molecule has 5 aliphatic carbocycles. The van der Waals surface area contributed by atoms with Crippen molar-refractivity contribution in [3.05, 3.63) is 12.2 Å². The van der Waals surface area contributed by atoms with Crippen molar-refractivity contribution < 1.29 is 19.1 Å². The highest BCUT2D eigenvalue weighted by atomic mass is 16.5. The quantitative estimate of drug-likeness (QED) is 0.0383. The van der Waals surface area contributed by atoms with Crippen LogP contribution in [0, 0.1) is 56.7 Å². The van der Waals surface area contributed by atoms with E-state index >= 15 is 0 Å². The van der Waals surface area contributed by atoms with Crippen LogP contribution in [0.1, 0.15) is 299 Å². The Morgan fingerprint density at radius 1 is 0.500 bits per heavy atom. The second-order valence-corrected chi connectivity index (χ2v) is 25.5. The first-order valence-electron chi connectivity index (χ1n) is 29.7. The van der Waals surface area contributed by atoms with Crippen LogP contribution in [0.4, 0.5) is 0 Å². The standard InChI is InChI=1S/C62H110O4/c1-10-12-14-16-18-20-22-24-26-28-30-32-34-36-55(63)65-48-62-45-40-50(49(3)4)57(62)51-38-39-53-59(7)43-42-54(58(5,6)52(59)41-44-61(53,9)60(51,8)46-47-62)66-56(64)37-35-33-31-29-27-25-23-21-19-17-15-13-11-2/h50-54,57H,3,10-48H2,1-2,4-9H3/t50-,51?,52?,53?,54-,57?,59-,60+,61+,62+/m0/s1. The molecule has 0 heterocycles. The summed E-state index contributed by atoms with van der Waals surface area (Å²) < 4.78 is 12.9. The lowest BCUT2D eigenvalue weighted by Crippen LogP contribution is -2.67. The summed E-state index contributed by atoms with van der Waals surface area (Å²) in [6, 6.07) is 0. The van der Waals surface area contributed by atoms with Gasteiger partial charge in [0.15, 0.2) is 0 Å². The van der Waals surface area contributed by atoms with Crippen molar-refractivity contribution in [2.24, 2.45) is 56.7 Å². The van der Waals surface area contributed by atoms with E-state index in [4.69, 9.17) is 9.47 Å². The van der Waals surface area contributed by atoms with E-state index in [2.05, 4.69) is 62.0 Å². The summed E-state index contributed by atoms with van der Waals surface area (Å²) in [5.74, 6) is 3.08. The summed E-state index contributed by atoms with van der Waals surface area (Å²) >= 11 is 0. The number of carbonyl (C=O) groups excluding carboxylic acids is 2. The number of fused-ring (bicyclic) bond motifs is 7. The molecule has 10 atom stereocenters. The number of ether oxygens (including phenoxy) is 2. The van der Waals surface area contributed by atoms with Crippen LogP contribution < -0.4 is 0 Å². The van der Waals surface area contributed by atoms with E-state index in [9.17, 15) is 9.59 Å². The molecular formula is C62H110O4. The van der Waals surface area contributed by atoms with Gasteiger partial charge in [0, 0.05) is 23.7 Å². The average molecular weight is 920 g/mol. The average Bonchev–Trinajstić information content (AvgIpc) is 3.68. The summed E-state index contributed by atoms with van der Waals surface area (Å²) in [7, 11) is 0. The molecule has 0 bridgehead atoms. The smallest absolute Gasteiger partial charge is 0.306 e. The first-order valence-corrected chi connectivity index (χ1v) is 29.7. The molecule has 4 nitrogen and oxygen atoms in total. The summed E-state index contributed by atoms with van der Waals surface area (Å²) in [5, 5.41) is 0.